The summed E-state index contributed by atoms with van der Waals surface area (Å²) in [4.78, 5) is 23.8. The van der Waals surface area contributed by atoms with Crippen LogP contribution >= 0.6 is 11.6 Å². The monoisotopic (exact) mass is 378 g/mol. The van der Waals surface area contributed by atoms with Gasteiger partial charge in [0.25, 0.3) is 0 Å². The van der Waals surface area contributed by atoms with Crippen molar-refractivity contribution in [2.75, 3.05) is 0 Å². The first kappa shape index (κ1) is 19.9. The van der Waals surface area contributed by atoms with E-state index in [9.17, 15) is 14.0 Å². The molecule has 0 aliphatic carbocycles. The Labute approximate surface area is 156 Å². The number of hydrogen-bond acceptors (Lipinski definition) is 4. The van der Waals surface area contributed by atoms with Crippen LogP contribution in [0.5, 0.6) is 11.5 Å². The molecule has 0 aromatic heterocycles. The number of para-hydroxylation sites is 2. The summed E-state index contributed by atoms with van der Waals surface area (Å²) in [5.41, 5.74) is 0.939. The predicted octanol–water partition coefficient (Wildman–Crippen LogP) is 5.28. The van der Waals surface area contributed by atoms with Crippen LogP contribution < -0.4 is 9.47 Å². The molecule has 4 nitrogen and oxygen atoms in total. The Morgan fingerprint density at radius 1 is 1.00 bits per heavy atom. The van der Waals surface area contributed by atoms with Gasteiger partial charge in [0, 0.05) is 12.8 Å². The highest BCUT2D eigenvalue weighted by Gasteiger charge is 2.15. The standard InChI is InChI=1S/C20H20ClFO4/c1-13(2)14-7-3-4-10-17(14)25-18(23)11-6-12-19(24)26-20-15(21)8-5-9-16(20)22/h3-5,7-10,13H,6,11-12H2,1-2H3. The Morgan fingerprint density at radius 3 is 2.31 bits per heavy atom. The molecule has 0 saturated carbocycles. The van der Waals surface area contributed by atoms with Crippen molar-refractivity contribution in [3.8, 4) is 11.5 Å². The topological polar surface area (TPSA) is 52.6 Å². The second kappa shape index (κ2) is 9.34. The van der Waals surface area contributed by atoms with E-state index in [0.717, 1.165) is 11.6 Å². The molecular weight excluding hydrogens is 359 g/mol. The first-order valence-corrected chi connectivity index (χ1v) is 8.70. The van der Waals surface area contributed by atoms with Crippen LogP contribution in [0.15, 0.2) is 42.5 Å². The third kappa shape index (κ3) is 5.56. The Bertz CT molecular complexity index is 769. The number of ether oxygens (including phenoxy) is 2. The van der Waals surface area contributed by atoms with Gasteiger partial charge in [0.2, 0.25) is 0 Å². The van der Waals surface area contributed by atoms with Crippen LogP contribution in [-0.2, 0) is 9.59 Å². The molecule has 0 heterocycles. The molecule has 2 aromatic rings. The highest BCUT2D eigenvalue weighted by molar-refractivity contribution is 6.32. The number of rotatable bonds is 7. The van der Waals surface area contributed by atoms with Gasteiger partial charge >= 0.3 is 11.9 Å². The molecule has 0 amide bonds. The molecule has 0 spiro atoms. The predicted molar refractivity (Wildman–Crippen MR) is 97.1 cm³/mol. The molecular formula is C20H20ClFO4. The van der Waals surface area contributed by atoms with E-state index >= 15 is 0 Å². The van der Waals surface area contributed by atoms with Crippen molar-refractivity contribution in [2.45, 2.75) is 39.0 Å². The molecule has 0 atom stereocenters. The van der Waals surface area contributed by atoms with Gasteiger partial charge in [-0.05, 0) is 36.1 Å². The molecule has 0 unspecified atom stereocenters. The van der Waals surface area contributed by atoms with Gasteiger partial charge in [-0.3, -0.25) is 9.59 Å². The molecule has 0 bridgehead atoms. The first-order valence-electron chi connectivity index (χ1n) is 8.32. The fourth-order valence-corrected chi connectivity index (χ4v) is 2.55. The molecule has 26 heavy (non-hydrogen) atoms. The summed E-state index contributed by atoms with van der Waals surface area (Å²) >= 11 is 5.80. The largest absolute Gasteiger partial charge is 0.426 e. The second-order valence-electron chi connectivity index (χ2n) is 6.05. The summed E-state index contributed by atoms with van der Waals surface area (Å²) in [5.74, 6) is -1.36. The van der Waals surface area contributed by atoms with E-state index < -0.39 is 17.8 Å². The van der Waals surface area contributed by atoms with Gasteiger partial charge in [0.05, 0.1) is 5.02 Å². The molecule has 2 rings (SSSR count). The van der Waals surface area contributed by atoms with E-state index in [1.807, 2.05) is 26.0 Å². The summed E-state index contributed by atoms with van der Waals surface area (Å²) in [6.07, 6.45) is 0.228. The average molecular weight is 379 g/mol. The molecule has 138 valence electrons. The van der Waals surface area contributed by atoms with E-state index in [1.54, 1.807) is 12.1 Å². The van der Waals surface area contributed by atoms with Crippen molar-refractivity contribution in [1.29, 1.82) is 0 Å². The molecule has 0 saturated heterocycles. The molecule has 0 N–H and O–H groups in total. The lowest BCUT2D eigenvalue weighted by molar-refractivity contribution is -0.136. The normalized spacial score (nSPS) is 10.7. The van der Waals surface area contributed by atoms with Gasteiger partial charge < -0.3 is 9.47 Å². The minimum Gasteiger partial charge on any atom is -0.426 e. The quantitative estimate of drug-likeness (QED) is 0.485. The molecule has 0 aliphatic heterocycles. The van der Waals surface area contributed by atoms with Gasteiger partial charge in [-0.15, -0.1) is 0 Å². The SMILES string of the molecule is CC(C)c1ccccc1OC(=O)CCCC(=O)Oc1c(F)cccc1Cl. The Balaban J connectivity index is 1.82. The van der Waals surface area contributed by atoms with E-state index in [0.29, 0.717) is 5.75 Å². The van der Waals surface area contributed by atoms with E-state index in [-0.39, 0.29) is 36.0 Å². The van der Waals surface area contributed by atoms with E-state index in [2.05, 4.69) is 0 Å². The molecule has 2 aromatic carbocycles. The number of carbonyl (C=O) groups excluding carboxylic acids is 2. The van der Waals surface area contributed by atoms with Crippen LogP contribution in [0.25, 0.3) is 0 Å². The van der Waals surface area contributed by atoms with Crippen molar-refractivity contribution in [3.63, 3.8) is 0 Å². The van der Waals surface area contributed by atoms with Gasteiger partial charge in [-0.1, -0.05) is 49.7 Å². The summed E-state index contributed by atoms with van der Waals surface area (Å²) in [6.45, 7) is 4.02. The average Bonchev–Trinajstić information content (AvgIpc) is 2.58. The van der Waals surface area contributed by atoms with Gasteiger partial charge in [-0.2, -0.15) is 0 Å². The summed E-state index contributed by atoms with van der Waals surface area (Å²) in [7, 11) is 0. The van der Waals surface area contributed by atoms with Crippen molar-refractivity contribution >= 4 is 23.5 Å². The third-order valence-corrected chi connectivity index (χ3v) is 3.96. The van der Waals surface area contributed by atoms with Crippen molar-refractivity contribution in [1.82, 2.24) is 0 Å². The highest BCUT2D eigenvalue weighted by atomic mass is 35.5. The lowest BCUT2D eigenvalue weighted by Gasteiger charge is -2.12. The van der Waals surface area contributed by atoms with E-state index in [4.69, 9.17) is 21.1 Å². The number of carbonyl (C=O) groups is 2. The lowest BCUT2D eigenvalue weighted by Crippen LogP contribution is -2.13. The maximum atomic E-state index is 13.6. The Morgan fingerprint density at radius 2 is 1.65 bits per heavy atom. The molecule has 6 heteroatoms. The molecule has 0 radical (unpaired) electrons. The maximum absolute atomic E-state index is 13.6. The zero-order chi connectivity index (χ0) is 19.1. The zero-order valence-corrected chi connectivity index (χ0v) is 15.4. The number of halogens is 2. The first-order chi connectivity index (χ1) is 12.4. The maximum Gasteiger partial charge on any atom is 0.311 e. The smallest absolute Gasteiger partial charge is 0.311 e. The Kier molecular flexibility index (Phi) is 7.16. The number of benzene rings is 2. The number of hydrogen-bond donors (Lipinski definition) is 0. The minimum absolute atomic E-state index is 0.0167. The van der Waals surface area contributed by atoms with Gasteiger partial charge in [0.15, 0.2) is 11.6 Å². The highest BCUT2D eigenvalue weighted by Crippen LogP contribution is 2.28. The van der Waals surface area contributed by atoms with Crippen LogP contribution in [0.2, 0.25) is 5.02 Å². The van der Waals surface area contributed by atoms with Crippen molar-refractivity contribution in [3.05, 3.63) is 58.9 Å². The summed E-state index contributed by atoms with van der Waals surface area (Å²) < 4.78 is 23.9. The lowest BCUT2D eigenvalue weighted by atomic mass is 10.0. The van der Waals surface area contributed by atoms with Gasteiger partial charge in [-0.25, -0.2) is 4.39 Å². The van der Waals surface area contributed by atoms with Crippen molar-refractivity contribution < 1.29 is 23.5 Å². The van der Waals surface area contributed by atoms with Crippen LogP contribution in [0.1, 0.15) is 44.6 Å². The Hall–Kier alpha value is -2.40. The van der Waals surface area contributed by atoms with Crippen LogP contribution in [-0.4, -0.2) is 11.9 Å². The molecule has 0 aliphatic rings. The molecule has 0 fully saturated rings. The summed E-state index contributed by atoms with van der Waals surface area (Å²) in [5, 5.41) is 0.0167. The van der Waals surface area contributed by atoms with E-state index in [1.165, 1.54) is 12.1 Å². The zero-order valence-electron chi connectivity index (χ0n) is 14.6. The van der Waals surface area contributed by atoms with Crippen molar-refractivity contribution in [2.24, 2.45) is 0 Å². The number of esters is 2. The second-order valence-corrected chi connectivity index (χ2v) is 6.45. The fourth-order valence-electron chi connectivity index (χ4n) is 2.35. The minimum atomic E-state index is -0.712. The fraction of sp³-hybridized carbons (Fsp3) is 0.300. The summed E-state index contributed by atoms with van der Waals surface area (Å²) in [6, 6.07) is 11.3. The van der Waals surface area contributed by atoms with Gasteiger partial charge in [0.1, 0.15) is 5.75 Å². The van der Waals surface area contributed by atoms with Crippen LogP contribution in [0, 0.1) is 5.82 Å². The third-order valence-electron chi connectivity index (χ3n) is 3.66. The van der Waals surface area contributed by atoms with Crippen LogP contribution in [0.4, 0.5) is 4.39 Å². The van der Waals surface area contributed by atoms with Crippen LogP contribution in [0.3, 0.4) is 0 Å².